The van der Waals surface area contributed by atoms with Crippen LogP contribution in [0.15, 0.2) is 36.7 Å². The molecule has 1 aromatic carbocycles. The van der Waals surface area contributed by atoms with Gasteiger partial charge < -0.3 is 14.4 Å². The van der Waals surface area contributed by atoms with Crippen molar-refractivity contribution in [2.24, 2.45) is 0 Å². The zero-order chi connectivity index (χ0) is 18.9. The van der Waals surface area contributed by atoms with Crippen LogP contribution in [-0.2, 0) is 0 Å². The number of ether oxygens (including phenoxy) is 2. The summed E-state index contributed by atoms with van der Waals surface area (Å²) in [5.74, 6) is 1.53. The van der Waals surface area contributed by atoms with E-state index in [1.165, 1.54) is 18.8 Å². The quantitative estimate of drug-likeness (QED) is 0.822. The maximum absolute atomic E-state index is 13.3. The fourth-order valence-corrected chi connectivity index (χ4v) is 4.27. The van der Waals surface area contributed by atoms with Crippen molar-refractivity contribution in [1.82, 2.24) is 14.9 Å². The van der Waals surface area contributed by atoms with E-state index >= 15 is 0 Å². The Bertz CT molecular complexity index is 788. The number of rotatable bonds is 4. The lowest BCUT2D eigenvalue weighted by molar-refractivity contribution is -0.0554. The second-order valence-corrected chi connectivity index (χ2v) is 7.24. The van der Waals surface area contributed by atoms with Gasteiger partial charge in [0.15, 0.2) is 11.5 Å². The number of halogens is 1. The van der Waals surface area contributed by atoms with Crippen LogP contribution in [0.1, 0.15) is 26.2 Å². The minimum Gasteiger partial charge on any atom is -0.497 e. The fourth-order valence-electron chi connectivity index (χ4n) is 4.27. The van der Waals surface area contributed by atoms with E-state index in [-0.39, 0.29) is 6.04 Å². The van der Waals surface area contributed by atoms with Gasteiger partial charge in [-0.05, 0) is 38.4 Å². The Kier molecular flexibility index (Phi) is 4.86. The van der Waals surface area contributed by atoms with Gasteiger partial charge in [-0.15, -0.1) is 0 Å². The molecule has 0 spiro atoms. The number of methoxy groups -OCH3 is 1. The molecule has 0 aliphatic carbocycles. The van der Waals surface area contributed by atoms with Gasteiger partial charge in [0.1, 0.15) is 11.5 Å². The minimum absolute atomic E-state index is 0.208. The Labute approximate surface area is 158 Å². The molecule has 2 unspecified atom stereocenters. The van der Waals surface area contributed by atoms with Crippen LogP contribution in [0.25, 0.3) is 0 Å². The molecule has 0 bridgehead atoms. The van der Waals surface area contributed by atoms with E-state index in [4.69, 9.17) is 9.47 Å². The second-order valence-electron chi connectivity index (χ2n) is 7.24. The Morgan fingerprint density at radius 3 is 2.67 bits per heavy atom. The molecular formula is C20H25FN4O2. The Morgan fingerprint density at radius 2 is 1.89 bits per heavy atom. The van der Waals surface area contributed by atoms with Gasteiger partial charge in [0, 0.05) is 19.2 Å². The first-order valence-electron chi connectivity index (χ1n) is 9.42. The van der Waals surface area contributed by atoms with E-state index in [1.54, 1.807) is 7.11 Å². The third-order valence-corrected chi connectivity index (χ3v) is 5.59. The van der Waals surface area contributed by atoms with Crippen LogP contribution in [0, 0.1) is 5.82 Å². The van der Waals surface area contributed by atoms with E-state index in [1.807, 2.05) is 24.3 Å². The van der Waals surface area contributed by atoms with E-state index in [2.05, 4.69) is 26.7 Å². The van der Waals surface area contributed by atoms with Gasteiger partial charge in [-0.1, -0.05) is 12.5 Å². The summed E-state index contributed by atoms with van der Waals surface area (Å²) in [5.41, 5.74) is -0.664. The molecule has 3 heterocycles. The van der Waals surface area contributed by atoms with Gasteiger partial charge in [0.05, 0.1) is 25.5 Å². The molecule has 2 fully saturated rings. The normalized spacial score (nSPS) is 25.7. The molecule has 7 heteroatoms. The molecule has 0 N–H and O–H groups in total. The van der Waals surface area contributed by atoms with Crippen LogP contribution in [0.3, 0.4) is 0 Å². The molecule has 2 saturated heterocycles. The summed E-state index contributed by atoms with van der Waals surface area (Å²) in [6, 6.07) is 7.83. The molecule has 2 aliphatic rings. The Morgan fingerprint density at radius 1 is 1.11 bits per heavy atom. The molecule has 0 saturated carbocycles. The topological polar surface area (TPSA) is 50.7 Å². The van der Waals surface area contributed by atoms with Crippen LogP contribution in [-0.4, -0.2) is 53.4 Å². The van der Waals surface area contributed by atoms with Crippen LogP contribution in [0.2, 0.25) is 0 Å². The highest BCUT2D eigenvalue weighted by molar-refractivity contribution is 5.39. The first-order valence-corrected chi connectivity index (χ1v) is 9.42. The number of anilines is 1. The molecule has 2 aliphatic heterocycles. The Balaban J connectivity index is 1.71. The number of piperidine rings is 1. The summed E-state index contributed by atoms with van der Waals surface area (Å²) >= 11 is 0. The van der Waals surface area contributed by atoms with Crippen molar-refractivity contribution in [2.75, 3.05) is 31.6 Å². The van der Waals surface area contributed by atoms with Gasteiger partial charge in [-0.25, -0.2) is 14.4 Å². The summed E-state index contributed by atoms with van der Waals surface area (Å²) in [7, 11) is 1.64. The lowest BCUT2D eigenvalue weighted by Crippen LogP contribution is -2.71. The smallest absolute Gasteiger partial charge is 0.228 e. The molecule has 4 rings (SSSR count). The SMILES string of the molecule is COc1cccc(OC2(C)C3CCCCN3CCN2c2ncc(F)cn2)c1. The van der Waals surface area contributed by atoms with Crippen molar-refractivity contribution in [3.8, 4) is 11.5 Å². The number of hydrogen-bond donors (Lipinski definition) is 0. The predicted molar refractivity (Wildman–Crippen MR) is 101 cm³/mol. The highest BCUT2D eigenvalue weighted by Crippen LogP contribution is 2.38. The predicted octanol–water partition coefficient (Wildman–Crippen LogP) is 3.09. The summed E-state index contributed by atoms with van der Waals surface area (Å²) in [6.45, 7) is 4.80. The van der Waals surface area contributed by atoms with Gasteiger partial charge in [0.2, 0.25) is 5.95 Å². The highest BCUT2D eigenvalue weighted by Gasteiger charge is 2.50. The summed E-state index contributed by atoms with van der Waals surface area (Å²) in [6.07, 6.45) is 5.83. The average Bonchev–Trinajstić information content (AvgIpc) is 2.69. The molecular weight excluding hydrogens is 347 g/mol. The largest absolute Gasteiger partial charge is 0.497 e. The zero-order valence-corrected chi connectivity index (χ0v) is 15.8. The summed E-state index contributed by atoms with van der Waals surface area (Å²) < 4.78 is 25.3. The van der Waals surface area contributed by atoms with Crippen molar-refractivity contribution in [2.45, 2.75) is 38.0 Å². The third kappa shape index (κ3) is 3.43. The van der Waals surface area contributed by atoms with Crippen molar-refractivity contribution >= 4 is 5.95 Å². The number of hydrogen-bond acceptors (Lipinski definition) is 6. The first-order chi connectivity index (χ1) is 13.1. The monoisotopic (exact) mass is 372 g/mol. The van der Waals surface area contributed by atoms with Crippen LogP contribution < -0.4 is 14.4 Å². The minimum atomic E-state index is -0.664. The molecule has 6 nitrogen and oxygen atoms in total. The van der Waals surface area contributed by atoms with Gasteiger partial charge >= 0.3 is 0 Å². The molecule has 1 aromatic heterocycles. The van der Waals surface area contributed by atoms with Crippen LogP contribution >= 0.6 is 0 Å². The fraction of sp³-hybridized carbons (Fsp3) is 0.500. The molecule has 2 aromatic rings. The maximum Gasteiger partial charge on any atom is 0.228 e. The third-order valence-electron chi connectivity index (χ3n) is 5.59. The number of fused-ring (bicyclic) bond motifs is 1. The zero-order valence-electron chi connectivity index (χ0n) is 15.8. The Hall–Kier alpha value is -2.41. The van der Waals surface area contributed by atoms with Crippen molar-refractivity contribution in [3.05, 3.63) is 42.5 Å². The first kappa shape index (κ1) is 18.0. The standard InChI is InChI=1S/C20H25FN4O2/c1-20(27-17-7-5-6-16(12-17)26-2)18-8-3-4-9-24(18)10-11-25(20)19-22-13-15(21)14-23-19/h5-7,12-14,18H,3-4,8-11H2,1-2H3. The summed E-state index contributed by atoms with van der Waals surface area (Å²) in [5, 5.41) is 0. The van der Waals surface area contributed by atoms with Crippen LogP contribution in [0.4, 0.5) is 10.3 Å². The molecule has 27 heavy (non-hydrogen) atoms. The highest BCUT2D eigenvalue weighted by atomic mass is 19.1. The maximum atomic E-state index is 13.3. The van der Waals surface area contributed by atoms with Gasteiger partial charge in [-0.2, -0.15) is 0 Å². The van der Waals surface area contributed by atoms with E-state index in [0.717, 1.165) is 44.0 Å². The summed E-state index contributed by atoms with van der Waals surface area (Å²) in [4.78, 5) is 13.0. The number of piperazine rings is 1. The van der Waals surface area contributed by atoms with E-state index in [9.17, 15) is 4.39 Å². The van der Waals surface area contributed by atoms with Gasteiger partial charge in [-0.3, -0.25) is 4.90 Å². The lowest BCUT2D eigenvalue weighted by atomic mass is 9.90. The van der Waals surface area contributed by atoms with Crippen molar-refractivity contribution < 1.29 is 13.9 Å². The van der Waals surface area contributed by atoms with Crippen molar-refractivity contribution in [1.29, 1.82) is 0 Å². The molecule has 0 amide bonds. The van der Waals surface area contributed by atoms with Gasteiger partial charge in [0.25, 0.3) is 0 Å². The average molecular weight is 372 g/mol. The van der Waals surface area contributed by atoms with E-state index < -0.39 is 11.5 Å². The number of nitrogens with zero attached hydrogens (tertiary/aromatic N) is 4. The van der Waals surface area contributed by atoms with E-state index in [0.29, 0.717) is 5.95 Å². The number of aromatic nitrogens is 2. The van der Waals surface area contributed by atoms with Crippen molar-refractivity contribution in [3.63, 3.8) is 0 Å². The molecule has 0 radical (unpaired) electrons. The number of benzene rings is 1. The van der Waals surface area contributed by atoms with Crippen LogP contribution in [0.5, 0.6) is 11.5 Å². The second kappa shape index (κ2) is 7.31. The lowest BCUT2D eigenvalue weighted by Gasteiger charge is -2.55. The molecule has 2 atom stereocenters. The molecule has 144 valence electrons.